The maximum atomic E-state index is 10.7. The molecule has 0 unspecified atom stereocenters. The van der Waals surface area contributed by atoms with E-state index in [1.54, 1.807) is 6.21 Å². The van der Waals surface area contributed by atoms with Gasteiger partial charge in [0.25, 0.3) is 0 Å². The van der Waals surface area contributed by atoms with Gasteiger partial charge in [0.15, 0.2) is 0 Å². The summed E-state index contributed by atoms with van der Waals surface area (Å²) in [6.07, 6.45) is 1.59. The van der Waals surface area contributed by atoms with Crippen LogP contribution in [0.3, 0.4) is 0 Å². The molecule has 1 heterocycles. The largest absolute Gasteiger partial charge is 0.742 e. The van der Waals surface area contributed by atoms with Gasteiger partial charge in [-0.1, -0.05) is 24.3 Å². The lowest BCUT2D eigenvalue weighted by atomic mass is 10.1. The topological polar surface area (TPSA) is 38.7 Å². The fraction of sp³-hybridized carbons (Fsp3) is 0.125. The molecular weight excluding hydrogens is 140 g/mol. The van der Waals surface area contributed by atoms with Crippen molar-refractivity contribution in [3.63, 3.8) is 0 Å². The number of rotatable bonds is 0. The summed E-state index contributed by atoms with van der Waals surface area (Å²) in [5.74, 6) is 0. The van der Waals surface area contributed by atoms with E-state index in [-0.39, 0.29) is 0 Å². The molecule has 0 aliphatic carbocycles. The second kappa shape index (κ2) is 2.36. The predicted octanol–water partition coefficient (Wildman–Crippen LogP) is 1.33. The Hall–Kier alpha value is -1.35. The molecule has 0 N–H and O–H groups in total. The van der Waals surface area contributed by atoms with E-state index in [4.69, 9.17) is 0 Å². The summed E-state index contributed by atoms with van der Waals surface area (Å²) >= 11 is 0. The zero-order chi connectivity index (χ0) is 7.68. The van der Waals surface area contributed by atoms with Crippen molar-refractivity contribution in [2.75, 3.05) is 0 Å². The zero-order valence-electron chi connectivity index (χ0n) is 5.90. The summed E-state index contributed by atoms with van der Waals surface area (Å²) in [6.45, 7) is 0.368. The van der Waals surface area contributed by atoms with Gasteiger partial charge in [0.2, 0.25) is 0 Å². The molecule has 0 bridgehead atoms. The van der Waals surface area contributed by atoms with E-state index in [9.17, 15) is 5.21 Å². The molecule has 0 amide bonds. The molecule has 2 rings (SSSR count). The summed E-state index contributed by atoms with van der Waals surface area (Å²) in [5, 5.41) is 15.1. The second-order valence-corrected chi connectivity index (χ2v) is 2.45. The Kier molecular flexibility index (Phi) is 1.36. The summed E-state index contributed by atoms with van der Waals surface area (Å²) in [7, 11) is 0. The molecule has 1 aliphatic rings. The Morgan fingerprint density at radius 2 is 2.18 bits per heavy atom. The highest BCUT2D eigenvalue weighted by Crippen LogP contribution is 2.13. The van der Waals surface area contributed by atoms with Crippen molar-refractivity contribution in [3.05, 3.63) is 40.6 Å². The molecule has 3 heteroatoms. The number of hydrogen-bond donors (Lipinski definition) is 0. The van der Waals surface area contributed by atoms with E-state index in [2.05, 4.69) is 5.10 Å². The molecule has 1 aromatic rings. The molecule has 11 heavy (non-hydrogen) atoms. The van der Waals surface area contributed by atoms with Crippen LogP contribution < -0.4 is 0 Å². The van der Waals surface area contributed by atoms with E-state index in [1.165, 1.54) is 0 Å². The first-order valence-corrected chi connectivity index (χ1v) is 3.43. The number of hydrazone groups is 1. The molecular formula is C8H7N2O-. The van der Waals surface area contributed by atoms with Gasteiger partial charge in [-0.15, -0.1) is 0 Å². The fourth-order valence-corrected chi connectivity index (χ4v) is 1.12. The summed E-state index contributed by atoms with van der Waals surface area (Å²) in [4.78, 5) is 0. The highest BCUT2D eigenvalue weighted by molar-refractivity contribution is 5.82. The molecule has 0 radical (unpaired) electrons. The van der Waals surface area contributed by atoms with Crippen LogP contribution in [0.1, 0.15) is 11.1 Å². The van der Waals surface area contributed by atoms with Gasteiger partial charge in [-0.05, 0) is 11.1 Å². The van der Waals surface area contributed by atoms with Crippen molar-refractivity contribution in [1.82, 2.24) is 5.17 Å². The average Bonchev–Trinajstić information content (AvgIpc) is 2.04. The van der Waals surface area contributed by atoms with Crippen molar-refractivity contribution in [1.29, 1.82) is 0 Å². The van der Waals surface area contributed by atoms with Gasteiger partial charge in [0, 0.05) is 6.54 Å². The van der Waals surface area contributed by atoms with Crippen LogP contribution in [0.4, 0.5) is 0 Å². The van der Waals surface area contributed by atoms with Crippen LogP contribution in [0.2, 0.25) is 0 Å². The van der Waals surface area contributed by atoms with Crippen LogP contribution in [0.15, 0.2) is 29.4 Å². The van der Waals surface area contributed by atoms with Crippen LogP contribution in [0, 0.1) is 5.21 Å². The first kappa shape index (κ1) is 6.37. The Morgan fingerprint density at radius 1 is 1.36 bits per heavy atom. The zero-order valence-corrected chi connectivity index (χ0v) is 5.90. The SMILES string of the molecule is [O-]N1Cc2ccccc2C=N1. The monoisotopic (exact) mass is 147 g/mol. The molecule has 1 aromatic carbocycles. The molecule has 1 aliphatic heterocycles. The van der Waals surface area contributed by atoms with Crippen LogP contribution in [0.5, 0.6) is 0 Å². The fourth-order valence-electron chi connectivity index (χ4n) is 1.12. The van der Waals surface area contributed by atoms with E-state index in [0.717, 1.165) is 11.1 Å². The van der Waals surface area contributed by atoms with Crippen molar-refractivity contribution in [2.24, 2.45) is 5.10 Å². The molecule has 0 atom stereocenters. The van der Waals surface area contributed by atoms with Crippen LogP contribution in [-0.2, 0) is 6.54 Å². The van der Waals surface area contributed by atoms with Crippen molar-refractivity contribution in [2.45, 2.75) is 6.54 Å². The molecule has 0 saturated heterocycles. The first-order chi connectivity index (χ1) is 5.36. The van der Waals surface area contributed by atoms with E-state index < -0.39 is 0 Å². The van der Waals surface area contributed by atoms with Gasteiger partial charge < -0.3 is 10.4 Å². The third kappa shape index (κ3) is 1.10. The van der Waals surface area contributed by atoms with E-state index in [1.807, 2.05) is 24.3 Å². The minimum absolute atomic E-state index is 0.368. The average molecular weight is 147 g/mol. The number of hydroxylamine groups is 1. The number of benzene rings is 1. The third-order valence-electron chi connectivity index (χ3n) is 1.69. The van der Waals surface area contributed by atoms with Crippen LogP contribution in [-0.4, -0.2) is 11.4 Å². The highest BCUT2D eigenvalue weighted by Gasteiger charge is 2.03. The molecule has 0 saturated carbocycles. The standard InChI is InChI=1S/C8H7N2O/c11-10-6-8-4-2-1-3-7(8)5-9-10/h1-5H,6H2/q-1. The summed E-state index contributed by atoms with van der Waals surface area (Å²) < 4.78 is 0. The minimum atomic E-state index is 0.368. The van der Waals surface area contributed by atoms with Gasteiger partial charge in [0.1, 0.15) is 0 Å². The van der Waals surface area contributed by atoms with Crippen LogP contribution >= 0.6 is 0 Å². The molecule has 0 aromatic heterocycles. The first-order valence-electron chi connectivity index (χ1n) is 3.43. The van der Waals surface area contributed by atoms with Crippen molar-refractivity contribution in [3.8, 4) is 0 Å². The predicted molar refractivity (Wildman–Crippen MR) is 42.9 cm³/mol. The normalized spacial score (nSPS) is 14.8. The second-order valence-electron chi connectivity index (χ2n) is 2.45. The van der Waals surface area contributed by atoms with E-state index >= 15 is 0 Å². The van der Waals surface area contributed by atoms with Gasteiger partial charge >= 0.3 is 0 Å². The Balaban J connectivity index is 2.46. The minimum Gasteiger partial charge on any atom is -0.742 e. The van der Waals surface area contributed by atoms with E-state index in [0.29, 0.717) is 11.7 Å². The maximum Gasteiger partial charge on any atom is 0.0537 e. The Labute approximate surface area is 64.5 Å². The lowest BCUT2D eigenvalue weighted by molar-refractivity contribution is 0.390. The maximum absolute atomic E-state index is 10.7. The molecule has 3 nitrogen and oxygen atoms in total. The molecule has 0 spiro atoms. The highest BCUT2D eigenvalue weighted by atomic mass is 16.5. The van der Waals surface area contributed by atoms with Gasteiger partial charge in [-0.3, -0.25) is 0 Å². The lowest BCUT2D eigenvalue weighted by Crippen LogP contribution is -2.14. The van der Waals surface area contributed by atoms with Crippen molar-refractivity contribution >= 4 is 6.21 Å². The van der Waals surface area contributed by atoms with Crippen molar-refractivity contribution < 1.29 is 0 Å². The van der Waals surface area contributed by atoms with Gasteiger partial charge in [-0.2, -0.15) is 5.10 Å². The number of nitrogens with zero attached hydrogens (tertiary/aromatic N) is 2. The third-order valence-corrected chi connectivity index (χ3v) is 1.69. The number of fused-ring (bicyclic) bond motifs is 1. The molecule has 0 fully saturated rings. The molecule has 56 valence electrons. The summed E-state index contributed by atoms with van der Waals surface area (Å²) in [6, 6.07) is 7.74. The Morgan fingerprint density at radius 3 is 3.09 bits per heavy atom. The smallest absolute Gasteiger partial charge is 0.0537 e. The lowest BCUT2D eigenvalue weighted by Gasteiger charge is -2.28. The Bertz CT molecular complexity index is 296. The quantitative estimate of drug-likeness (QED) is 0.555. The summed E-state index contributed by atoms with van der Waals surface area (Å²) in [5.41, 5.74) is 2.08. The van der Waals surface area contributed by atoms with Gasteiger partial charge in [-0.25, -0.2) is 0 Å². The van der Waals surface area contributed by atoms with Crippen LogP contribution in [0.25, 0.3) is 0 Å². The van der Waals surface area contributed by atoms with Gasteiger partial charge in [0.05, 0.1) is 6.21 Å². The number of hydrogen-bond acceptors (Lipinski definition) is 3.